The number of halogens is 1. The predicted molar refractivity (Wildman–Crippen MR) is 125 cm³/mol. The summed E-state index contributed by atoms with van der Waals surface area (Å²) in [5.41, 5.74) is 2.34. The van der Waals surface area contributed by atoms with Crippen LogP contribution in [0.15, 0.2) is 54.6 Å². The summed E-state index contributed by atoms with van der Waals surface area (Å²) < 4.78 is 13.0. The van der Waals surface area contributed by atoms with E-state index in [9.17, 15) is 18.8 Å². The number of nitrogens with zero attached hydrogens (tertiary/aromatic N) is 3. The van der Waals surface area contributed by atoms with Crippen molar-refractivity contribution in [2.75, 3.05) is 49.5 Å². The molecule has 0 unspecified atom stereocenters. The molecular formula is C25H27FN4O3. The Kier molecular flexibility index (Phi) is 7.14. The minimum Gasteiger partial charge on any atom is -0.337 e. The van der Waals surface area contributed by atoms with Gasteiger partial charge in [-0.1, -0.05) is 12.1 Å². The first-order valence-corrected chi connectivity index (χ1v) is 11.1. The highest BCUT2D eigenvalue weighted by Crippen LogP contribution is 2.22. The first-order chi connectivity index (χ1) is 16.0. The molecule has 2 aromatic rings. The quantitative estimate of drug-likeness (QED) is 0.687. The van der Waals surface area contributed by atoms with E-state index in [2.05, 4.69) is 5.32 Å². The molecular weight excluding hydrogens is 423 g/mol. The lowest BCUT2D eigenvalue weighted by molar-refractivity contribution is -0.128. The summed E-state index contributed by atoms with van der Waals surface area (Å²) >= 11 is 0. The van der Waals surface area contributed by atoms with Crippen molar-refractivity contribution in [2.24, 2.45) is 0 Å². The van der Waals surface area contributed by atoms with Crippen LogP contribution in [0.1, 0.15) is 18.4 Å². The van der Waals surface area contributed by atoms with Crippen molar-refractivity contribution in [1.82, 2.24) is 9.80 Å². The number of rotatable bonds is 6. The molecule has 0 spiro atoms. The van der Waals surface area contributed by atoms with Gasteiger partial charge in [0.05, 0.1) is 6.54 Å². The normalized spacial score (nSPS) is 17.1. The second-order valence-corrected chi connectivity index (χ2v) is 8.23. The van der Waals surface area contributed by atoms with Gasteiger partial charge in [0.2, 0.25) is 17.7 Å². The predicted octanol–water partition coefficient (Wildman–Crippen LogP) is 2.75. The monoisotopic (exact) mass is 450 g/mol. The van der Waals surface area contributed by atoms with Gasteiger partial charge in [-0.3, -0.25) is 19.3 Å². The van der Waals surface area contributed by atoms with Gasteiger partial charge in [0.25, 0.3) is 0 Å². The highest BCUT2D eigenvalue weighted by molar-refractivity contribution is 5.96. The largest absolute Gasteiger partial charge is 0.337 e. The molecule has 2 aliphatic rings. The van der Waals surface area contributed by atoms with E-state index in [0.29, 0.717) is 38.3 Å². The molecule has 0 saturated carbocycles. The Hall–Kier alpha value is -3.52. The van der Waals surface area contributed by atoms with Crippen LogP contribution in [0.3, 0.4) is 0 Å². The van der Waals surface area contributed by atoms with Crippen LogP contribution in [0.25, 0.3) is 6.08 Å². The number of carbonyl (C=O) groups is 3. The van der Waals surface area contributed by atoms with Gasteiger partial charge < -0.3 is 15.1 Å². The maximum atomic E-state index is 13.0. The zero-order chi connectivity index (χ0) is 23.2. The van der Waals surface area contributed by atoms with Crippen LogP contribution < -0.4 is 10.2 Å². The highest BCUT2D eigenvalue weighted by Gasteiger charge is 2.22. The summed E-state index contributed by atoms with van der Waals surface area (Å²) in [7, 11) is 0. The number of carbonyl (C=O) groups excluding carboxylic acids is 3. The number of benzene rings is 2. The fourth-order valence-corrected chi connectivity index (χ4v) is 4.02. The molecule has 2 heterocycles. The van der Waals surface area contributed by atoms with Crippen LogP contribution in [0.5, 0.6) is 0 Å². The average molecular weight is 451 g/mol. The zero-order valence-electron chi connectivity index (χ0n) is 18.4. The number of nitrogens with one attached hydrogen (secondary N) is 1. The second-order valence-electron chi connectivity index (χ2n) is 8.23. The first kappa shape index (κ1) is 22.7. The van der Waals surface area contributed by atoms with Crippen LogP contribution in [0, 0.1) is 5.82 Å². The Morgan fingerprint density at radius 1 is 0.939 bits per heavy atom. The molecule has 0 aromatic heterocycles. The Bertz CT molecular complexity index is 1030. The van der Waals surface area contributed by atoms with E-state index in [1.165, 1.54) is 24.3 Å². The average Bonchev–Trinajstić information content (AvgIpc) is 3.25. The second kappa shape index (κ2) is 10.4. The standard InChI is InChI=1S/C25H27FN4O3/c26-20-6-8-21(9-7-20)27-23(31)18-28-14-16-29(17-15-28)24(32)12-5-19-3-10-22(11-4-19)30-13-1-2-25(30)33/h3-12H,1-2,13-18H2,(H,27,31)/b12-5+. The number of piperazine rings is 1. The smallest absolute Gasteiger partial charge is 0.246 e. The van der Waals surface area contributed by atoms with Crippen molar-refractivity contribution in [1.29, 1.82) is 0 Å². The van der Waals surface area contributed by atoms with Crippen molar-refractivity contribution in [3.63, 3.8) is 0 Å². The topological polar surface area (TPSA) is 73.0 Å². The van der Waals surface area contributed by atoms with Gasteiger partial charge in [-0.25, -0.2) is 4.39 Å². The Balaban J connectivity index is 1.22. The van der Waals surface area contributed by atoms with E-state index in [1.54, 1.807) is 22.0 Å². The SMILES string of the molecule is O=C(CN1CCN(C(=O)/C=C/c2ccc(N3CCCC3=O)cc2)CC1)Nc1ccc(F)cc1. The number of amides is 3. The fourth-order valence-electron chi connectivity index (χ4n) is 4.02. The van der Waals surface area contributed by atoms with Crippen LogP contribution >= 0.6 is 0 Å². The van der Waals surface area contributed by atoms with Crippen molar-refractivity contribution < 1.29 is 18.8 Å². The van der Waals surface area contributed by atoms with Gasteiger partial charge in [0.1, 0.15) is 5.82 Å². The Labute approximate surface area is 192 Å². The van der Waals surface area contributed by atoms with Crippen molar-refractivity contribution in [3.8, 4) is 0 Å². The van der Waals surface area contributed by atoms with Gasteiger partial charge in [-0.2, -0.15) is 0 Å². The van der Waals surface area contributed by atoms with Gasteiger partial charge in [0, 0.05) is 56.6 Å². The first-order valence-electron chi connectivity index (χ1n) is 11.1. The molecule has 2 saturated heterocycles. The summed E-state index contributed by atoms with van der Waals surface area (Å²) in [5, 5.41) is 2.75. The van der Waals surface area contributed by atoms with Crippen molar-refractivity contribution >= 4 is 35.2 Å². The molecule has 172 valence electrons. The van der Waals surface area contributed by atoms with E-state index in [-0.39, 0.29) is 30.1 Å². The minimum atomic E-state index is -0.349. The molecule has 1 N–H and O–H groups in total. The Morgan fingerprint density at radius 2 is 1.64 bits per heavy atom. The van der Waals surface area contributed by atoms with E-state index < -0.39 is 0 Å². The zero-order valence-corrected chi connectivity index (χ0v) is 18.4. The van der Waals surface area contributed by atoms with Crippen LogP contribution in [-0.4, -0.2) is 66.8 Å². The highest BCUT2D eigenvalue weighted by atomic mass is 19.1. The number of hydrogen-bond donors (Lipinski definition) is 1. The van der Waals surface area contributed by atoms with Gasteiger partial charge in [0.15, 0.2) is 0 Å². The molecule has 8 heteroatoms. The number of anilines is 2. The van der Waals surface area contributed by atoms with Gasteiger partial charge in [-0.15, -0.1) is 0 Å². The summed E-state index contributed by atoms with van der Waals surface area (Å²) in [6.07, 6.45) is 4.83. The lowest BCUT2D eigenvalue weighted by atomic mass is 10.1. The maximum absolute atomic E-state index is 13.0. The van der Waals surface area contributed by atoms with E-state index >= 15 is 0 Å². The van der Waals surface area contributed by atoms with Gasteiger partial charge >= 0.3 is 0 Å². The Morgan fingerprint density at radius 3 is 2.27 bits per heavy atom. The summed E-state index contributed by atoms with van der Waals surface area (Å²) in [6.45, 7) is 3.28. The summed E-state index contributed by atoms with van der Waals surface area (Å²) in [5.74, 6) is -0.427. The third kappa shape index (κ3) is 6.04. The third-order valence-electron chi connectivity index (χ3n) is 5.88. The molecule has 0 radical (unpaired) electrons. The molecule has 4 rings (SSSR count). The van der Waals surface area contributed by atoms with Crippen molar-refractivity contribution in [2.45, 2.75) is 12.8 Å². The molecule has 2 aromatic carbocycles. The number of hydrogen-bond acceptors (Lipinski definition) is 4. The maximum Gasteiger partial charge on any atom is 0.246 e. The third-order valence-corrected chi connectivity index (χ3v) is 5.88. The fraction of sp³-hybridized carbons (Fsp3) is 0.320. The van der Waals surface area contributed by atoms with Crippen molar-refractivity contribution in [3.05, 3.63) is 66.0 Å². The molecule has 3 amide bonds. The lowest BCUT2D eigenvalue weighted by Crippen LogP contribution is -2.50. The molecule has 33 heavy (non-hydrogen) atoms. The lowest BCUT2D eigenvalue weighted by Gasteiger charge is -2.33. The van der Waals surface area contributed by atoms with E-state index in [4.69, 9.17) is 0 Å². The van der Waals surface area contributed by atoms with Crippen LogP contribution in [0.2, 0.25) is 0 Å². The van der Waals surface area contributed by atoms with Gasteiger partial charge in [-0.05, 0) is 54.5 Å². The molecule has 2 fully saturated rings. The molecule has 0 bridgehead atoms. The van der Waals surface area contributed by atoms with Crippen LogP contribution in [0.4, 0.5) is 15.8 Å². The minimum absolute atomic E-state index is 0.0655. The summed E-state index contributed by atoms with van der Waals surface area (Å²) in [6, 6.07) is 13.3. The van der Waals surface area contributed by atoms with E-state index in [0.717, 1.165) is 24.2 Å². The van der Waals surface area contributed by atoms with E-state index in [1.807, 2.05) is 29.2 Å². The summed E-state index contributed by atoms with van der Waals surface area (Å²) in [4.78, 5) is 42.1. The molecule has 7 nitrogen and oxygen atoms in total. The van der Waals surface area contributed by atoms with Crippen LogP contribution in [-0.2, 0) is 14.4 Å². The molecule has 0 atom stereocenters. The molecule has 0 aliphatic carbocycles. The molecule has 2 aliphatic heterocycles.